The first-order valence-electron chi connectivity index (χ1n) is 5.40. The van der Waals surface area contributed by atoms with Gasteiger partial charge in [0.1, 0.15) is 5.75 Å². The van der Waals surface area contributed by atoms with E-state index in [1.807, 2.05) is 0 Å². The summed E-state index contributed by atoms with van der Waals surface area (Å²) in [6.45, 7) is 0. The summed E-state index contributed by atoms with van der Waals surface area (Å²) >= 11 is 0. The van der Waals surface area contributed by atoms with E-state index < -0.39 is 17.8 Å². The van der Waals surface area contributed by atoms with Crippen LogP contribution in [0.15, 0.2) is 34.5 Å². The van der Waals surface area contributed by atoms with Gasteiger partial charge in [-0.25, -0.2) is 4.79 Å². The Labute approximate surface area is 111 Å². The highest BCUT2D eigenvalue weighted by molar-refractivity contribution is 5.86. The number of hydrogen-bond donors (Lipinski definition) is 1. The minimum absolute atomic E-state index is 0.112. The predicted molar refractivity (Wildman–Crippen MR) is 62.3 cm³/mol. The van der Waals surface area contributed by atoms with E-state index in [1.165, 1.54) is 25.3 Å². The summed E-state index contributed by atoms with van der Waals surface area (Å²) < 4.78 is 43.5. The molecular weight excluding hydrogens is 277 g/mol. The van der Waals surface area contributed by atoms with Crippen LogP contribution in [0.1, 0.15) is 11.1 Å². The Morgan fingerprint density at radius 1 is 1.40 bits per heavy atom. The fraction of sp³-hybridized carbons (Fsp3) is 0.250. The van der Waals surface area contributed by atoms with Crippen molar-refractivity contribution >= 4 is 12.0 Å². The number of carbonyl (C=O) groups is 1. The summed E-state index contributed by atoms with van der Waals surface area (Å²) in [6, 6.07) is 3.66. The Hall–Kier alpha value is -2.38. The summed E-state index contributed by atoms with van der Waals surface area (Å²) in [7, 11) is 1.28. The lowest BCUT2D eigenvalue weighted by molar-refractivity contribution is -0.166. The van der Waals surface area contributed by atoms with Crippen molar-refractivity contribution in [1.82, 2.24) is 0 Å². The van der Waals surface area contributed by atoms with E-state index in [4.69, 9.17) is 9.84 Å². The predicted octanol–water partition coefficient (Wildman–Crippen LogP) is 2.97. The Morgan fingerprint density at radius 3 is 2.50 bits per heavy atom. The SMILES string of the molecule is COc1cc(C2(C(F)(F)F)N=N2)ccc1/C=C/C(=O)O. The van der Waals surface area contributed by atoms with E-state index >= 15 is 0 Å². The van der Waals surface area contributed by atoms with Gasteiger partial charge in [-0.3, -0.25) is 0 Å². The molecule has 1 aliphatic rings. The van der Waals surface area contributed by atoms with Gasteiger partial charge in [0.2, 0.25) is 0 Å². The van der Waals surface area contributed by atoms with Crippen molar-refractivity contribution in [3.63, 3.8) is 0 Å². The summed E-state index contributed by atoms with van der Waals surface area (Å²) in [5, 5.41) is 14.7. The fourth-order valence-electron chi connectivity index (χ4n) is 1.67. The lowest BCUT2D eigenvalue weighted by Crippen LogP contribution is -2.30. The number of hydrogen-bond acceptors (Lipinski definition) is 4. The summed E-state index contributed by atoms with van der Waals surface area (Å²) in [5.74, 6) is -1.06. The van der Waals surface area contributed by atoms with E-state index in [2.05, 4.69) is 10.2 Å². The normalized spacial score (nSPS) is 16.4. The molecule has 0 saturated heterocycles. The van der Waals surface area contributed by atoms with E-state index in [0.29, 0.717) is 5.56 Å². The quantitative estimate of drug-likeness (QED) is 0.865. The molecule has 1 heterocycles. The van der Waals surface area contributed by atoms with Crippen molar-refractivity contribution < 1.29 is 27.8 Å². The van der Waals surface area contributed by atoms with Crippen LogP contribution >= 0.6 is 0 Å². The topological polar surface area (TPSA) is 71.2 Å². The van der Waals surface area contributed by atoms with Crippen LogP contribution in [0.25, 0.3) is 6.08 Å². The first-order valence-corrected chi connectivity index (χ1v) is 5.40. The van der Waals surface area contributed by atoms with Crippen molar-refractivity contribution in [3.8, 4) is 5.75 Å². The number of halogens is 3. The largest absolute Gasteiger partial charge is 0.496 e. The van der Waals surface area contributed by atoms with Gasteiger partial charge >= 0.3 is 17.8 Å². The number of rotatable bonds is 4. The van der Waals surface area contributed by atoms with Crippen molar-refractivity contribution in [3.05, 3.63) is 35.4 Å². The smallest absolute Gasteiger partial charge is 0.442 e. The molecule has 0 unspecified atom stereocenters. The third-order valence-electron chi connectivity index (χ3n) is 2.74. The summed E-state index contributed by atoms with van der Waals surface area (Å²) in [6.07, 6.45) is -2.52. The molecule has 0 amide bonds. The number of benzene rings is 1. The van der Waals surface area contributed by atoms with Gasteiger partial charge in [-0.1, -0.05) is 12.1 Å². The Balaban J connectivity index is 2.38. The molecule has 1 aromatic rings. The van der Waals surface area contributed by atoms with Gasteiger partial charge in [0, 0.05) is 17.2 Å². The minimum atomic E-state index is -4.61. The molecule has 0 bridgehead atoms. The second-order valence-corrected chi connectivity index (χ2v) is 4.00. The van der Waals surface area contributed by atoms with Crippen LogP contribution in [0.5, 0.6) is 5.75 Å². The zero-order chi connectivity index (χ0) is 15.0. The molecule has 1 aliphatic heterocycles. The third kappa shape index (κ3) is 2.36. The maximum Gasteiger partial charge on any atom is 0.442 e. The van der Waals surface area contributed by atoms with Crippen LogP contribution in [0.4, 0.5) is 13.2 Å². The van der Waals surface area contributed by atoms with Crippen LogP contribution in [0, 0.1) is 0 Å². The van der Waals surface area contributed by atoms with E-state index in [9.17, 15) is 18.0 Å². The average molecular weight is 286 g/mol. The molecule has 1 aromatic carbocycles. The molecule has 0 saturated carbocycles. The molecule has 0 atom stereocenters. The molecule has 0 fully saturated rings. The molecule has 0 radical (unpaired) electrons. The zero-order valence-electron chi connectivity index (χ0n) is 10.2. The summed E-state index contributed by atoms with van der Waals surface area (Å²) in [5.41, 5.74) is -2.35. The molecule has 8 heteroatoms. The highest BCUT2D eigenvalue weighted by atomic mass is 19.4. The van der Waals surface area contributed by atoms with Gasteiger partial charge in [0.25, 0.3) is 0 Å². The molecular formula is C12H9F3N2O3. The van der Waals surface area contributed by atoms with Crippen LogP contribution < -0.4 is 4.74 Å². The number of alkyl halides is 3. The number of methoxy groups -OCH3 is 1. The van der Waals surface area contributed by atoms with Gasteiger partial charge in [-0.2, -0.15) is 13.2 Å². The Kier molecular flexibility index (Phi) is 3.24. The monoisotopic (exact) mass is 286 g/mol. The Morgan fingerprint density at radius 2 is 2.05 bits per heavy atom. The minimum Gasteiger partial charge on any atom is -0.496 e. The third-order valence-corrected chi connectivity index (χ3v) is 2.74. The zero-order valence-corrected chi connectivity index (χ0v) is 10.2. The second-order valence-electron chi connectivity index (χ2n) is 4.00. The number of nitrogens with zero attached hydrogens (tertiary/aromatic N) is 2. The molecule has 2 rings (SSSR count). The fourth-order valence-corrected chi connectivity index (χ4v) is 1.67. The number of ether oxygens (including phenoxy) is 1. The van der Waals surface area contributed by atoms with Gasteiger partial charge < -0.3 is 9.84 Å². The van der Waals surface area contributed by atoms with Crippen LogP contribution in [0.3, 0.4) is 0 Å². The van der Waals surface area contributed by atoms with Crippen molar-refractivity contribution in [2.24, 2.45) is 10.2 Å². The molecule has 20 heavy (non-hydrogen) atoms. The van der Waals surface area contributed by atoms with Crippen LogP contribution in [-0.4, -0.2) is 24.4 Å². The molecule has 0 aromatic heterocycles. The first kappa shape index (κ1) is 14.0. The maximum atomic E-state index is 12.9. The molecule has 106 valence electrons. The number of aliphatic carboxylic acids is 1. The maximum absolute atomic E-state index is 12.9. The number of carboxylic acid groups (broad SMARTS) is 1. The Bertz CT molecular complexity index is 602. The lowest BCUT2D eigenvalue weighted by Gasteiger charge is -2.16. The van der Waals surface area contributed by atoms with Gasteiger partial charge in [0.05, 0.1) is 7.11 Å². The van der Waals surface area contributed by atoms with E-state index in [1.54, 1.807) is 0 Å². The van der Waals surface area contributed by atoms with Crippen molar-refractivity contribution in [2.45, 2.75) is 11.8 Å². The highest BCUT2D eigenvalue weighted by Gasteiger charge is 2.65. The first-order chi connectivity index (χ1) is 9.30. The van der Waals surface area contributed by atoms with Gasteiger partial charge in [0.15, 0.2) is 0 Å². The standard InChI is InChI=1S/C12H9F3N2O3/c1-20-9-6-8(11(16-17-11)12(13,14)15)4-2-7(9)3-5-10(18)19/h2-6H,1H3,(H,18,19)/b5-3+. The van der Waals surface area contributed by atoms with Gasteiger partial charge in [-0.05, 0) is 12.1 Å². The van der Waals surface area contributed by atoms with Crippen LogP contribution in [-0.2, 0) is 10.5 Å². The van der Waals surface area contributed by atoms with Crippen molar-refractivity contribution in [1.29, 1.82) is 0 Å². The molecule has 0 spiro atoms. The highest BCUT2D eigenvalue weighted by Crippen LogP contribution is 2.52. The summed E-state index contributed by atoms with van der Waals surface area (Å²) in [4.78, 5) is 10.4. The number of carboxylic acids is 1. The average Bonchev–Trinajstić information content (AvgIpc) is 3.16. The van der Waals surface area contributed by atoms with Crippen molar-refractivity contribution in [2.75, 3.05) is 7.11 Å². The molecule has 0 aliphatic carbocycles. The van der Waals surface area contributed by atoms with E-state index in [0.717, 1.165) is 12.1 Å². The van der Waals surface area contributed by atoms with Gasteiger partial charge in [-0.15, -0.1) is 10.2 Å². The van der Waals surface area contributed by atoms with E-state index in [-0.39, 0.29) is 11.3 Å². The lowest BCUT2D eigenvalue weighted by atomic mass is 10.00. The second kappa shape index (κ2) is 4.62. The molecule has 5 nitrogen and oxygen atoms in total. The molecule has 1 N–H and O–H groups in total. The van der Waals surface area contributed by atoms with Crippen LogP contribution in [0.2, 0.25) is 0 Å².